The summed E-state index contributed by atoms with van der Waals surface area (Å²) in [7, 11) is 0. The van der Waals surface area contributed by atoms with E-state index in [1.54, 1.807) is 4.90 Å². The smallest absolute Gasteiger partial charge is 0.410 e. The van der Waals surface area contributed by atoms with Gasteiger partial charge in [-0.25, -0.2) is 4.79 Å². The number of rotatable bonds is 2. The highest BCUT2D eigenvalue weighted by Gasteiger charge is 2.33. The molecule has 1 aromatic carbocycles. The van der Waals surface area contributed by atoms with E-state index in [-0.39, 0.29) is 17.9 Å². The molecule has 2 heterocycles. The van der Waals surface area contributed by atoms with E-state index in [1.807, 2.05) is 43.9 Å². The average molecular weight is 408 g/mol. The second kappa shape index (κ2) is 8.60. The van der Waals surface area contributed by atoms with Crippen molar-refractivity contribution in [3.8, 4) is 0 Å². The minimum atomic E-state index is -0.494. The Morgan fingerprint density at radius 2 is 1.64 bits per heavy atom. The number of ether oxygens (including phenoxy) is 1. The average Bonchev–Trinajstić information content (AvgIpc) is 2.66. The maximum Gasteiger partial charge on any atom is 0.410 e. The number of nitrogens with zero attached hydrogens (tertiary/aromatic N) is 3. The molecule has 0 atom stereocenters. The Bertz CT molecular complexity index is 703. The predicted molar refractivity (Wildman–Crippen MR) is 111 cm³/mol. The summed E-state index contributed by atoms with van der Waals surface area (Å²) in [6.07, 6.45) is 1.12. The molecule has 2 fully saturated rings. The normalized spacial score (nSPS) is 18.9. The van der Waals surface area contributed by atoms with Gasteiger partial charge in [0.25, 0.3) is 0 Å². The molecule has 0 unspecified atom stereocenters. The molecule has 2 aliphatic rings. The summed E-state index contributed by atoms with van der Waals surface area (Å²) in [4.78, 5) is 31.0. The van der Waals surface area contributed by atoms with Gasteiger partial charge in [0.05, 0.1) is 0 Å². The Morgan fingerprint density at radius 1 is 1.00 bits per heavy atom. The minimum absolute atomic E-state index is 0.00333. The molecule has 2 aliphatic heterocycles. The Labute approximate surface area is 172 Å². The van der Waals surface area contributed by atoms with Crippen LogP contribution in [-0.2, 0) is 9.53 Å². The molecule has 7 heteroatoms. The van der Waals surface area contributed by atoms with E-state index in [9.17, 15) is 9.59 Å². The molecule has 0 radical (unpaired) electrons. The van der Waals surface area contributed by atoms with Crippen LogP contribution in [-0.4, -0.2) is 66.7 Å². The van der Waals surface area contributed by atoms with Crippen LogP contribution in [0.3, 0.4) is 0 Å². The van der Waals surface area contributed by atoms with E-state index in [4.69, 9.17) is 16.3 Å². The number of carbonyl (C=O) groups excluding carboxylic acids is 2. The third kappa shape index (κ3) is 5.31. The van der Waals surface area contributed by atoms with Crippen LogP contribution < -0.4 is 4.90 Å². The number of amides is 2. The first-order valence-corrected chi connectivity index (χ1v) is 10.4. The van der Waals surface area contributed by atoms with Crippen molar-refractivity contribution in [1.29, 1.82) is 0 Å². The standard InChI is InChI=1S/C21H30ClN3O3/c1-21(2,3)28-20(27)25-9-7-16(8-10-25)19(26)24-13-11-23(12-14-24)18-6-4-5-17(22)15-18/h4-6,15-16H,7-14H2,1-3H3. The van der Waals surface area contributed by atoms with Gasteiger partial charge in [-0.05, 0) is 51.8 Å². The molecule has 0 bridgehead atoms. The molecule has 154 valence electrons. The van der Waals surface area contributed by atoms with Crippen LogP contribution in [0.25, 0.3) is 0 Å². The molecule has 3 rings (SSSR count). The fraction of sp³-hybridized carbons (Fsp3) is 0.619. The largest absolute Gasteiger partial charge is 0.444 e. The number of anilines is 1. The van der Waals surface area contributed by atoms with Gasteiger partial charge < -0.3 is 19.4 Å². The second-order valence-corrected chi connectivity index (χ2v) is 8.97. The molecule has 6 nitrogen and oxygen atoms in total. The van der Waals surface area contributed by atoms with Crippen molar-refractivity contribution < 1.29 is 14.3 Å². The molecule has 28 heavy (non-hydrogen) atoms. The molecule has 0 aliphatic carbocycles. The maximum atomic E-state index is 12.9. The summed E-state index contributed by atoms with van der Waals surface area (Å²) in [6.45, 7) is 9.81. The first kappa shape index (κ1) is 20.8. The van der Waals surface area contributed by atoms with Gasteiger partial charge in [-0.15, -0.1) is 0 Å². The van der Waals surface area contributed by atoms with Gasteiger partial charge in [-0.3, -0.25) is 4.79 Å². The van der Waals surface area contributed by atoms with Crippen molar-refractivity contribution >= 4 is 29.3 Å². The lowest BCUT2D eigenvalue weighted by atomic mass is 9.95. The lowest BCUT2D eigenvalue weighted by Crippen LogP contribution is -2.52. The van der Waals surface area contributed by atoms with Crippen molar-refractivity contribution in [1.82, 2.24) is 9.80 Å². The van der Waals surface area contributed by atoms with Gasteiger partial charge in [0.2, 0.25) is 5.91 Å². The van der Waals surface area contributed by atoms with Crippen molar-refractivity contribution in [2.24, 2.45) is 5.92 Å². The summed E-state index contributed by atoms with van der Waals surface area (Å²) in [6, 6.07) is 7.84. The van der Waals surface area contributed by atoms with Crippen molar-refractivity contribution in [2.45, 2.75) is 39.2 Å². The van der Waals surface area contributed by atoms with Gasteiger partial charge >= 0.3 is 6.09 Å². The number of piperazine rings is 1. The SMILES string of the molecule is CC(C)(C)OC(=O)N1CCC(C(=O)N2CCN(c3cccc(Cl)c3)CC2)CC1. The first-order chi connectivity index (χ1) is 13.2. The second-order valence-electron chi connectivity index (χ2n) is 8.53. The fourth-order valence-electron chi connectivity index (χ4n) is 3.75. The number of hydrogen-bond acceptors (Lipinski definition) is 4. The van der Waals surface area contributed by atoms with Crippen LogP contribution in [0.15, 0.2) is 24.3 Å². The summed E-state index contributed by atoms with van der Waals surface area (Å²) in [5, 5.41) is 0.729. The van der Waals surface area contributed by atoms with E-state index < -0.39 is 5.60 Å². The molecule has 2 amide bonds. The lowest BCUT2D eigenvalue weighted by molar-refractivity contribution is -0.137. The lowest BCUT2D eigenvalue weighted by Gasteiger charge is -2.39. The van der Waals surface area contributed by atoms with E-state index in [1.165, 1.54) is 0 Å². The molecule has 0 saturated carbocycles. The van der Waals surface area contributed by atoms with Crippen LogP contribution in [0.5, 0.6) is 0 Å². The Hall–Kier alpha value is -1.95. The third-order valence-corrected chi connectivity index (χ3v) is 5.50. The summed E-state index contributed by atoms with van der Waals surface area (Å²) in [5.74, 6) is 0.214. The monoisotopic (exact) mass is 407 g/mol. The van der Waals surface area contributed by atoms with Crippen molar-refractivity contribution in [3.05, 3.63) is 29.3 Å². The van der Waals surface area contributed by atoms with Crippen LogP contribution in [0.4, 0.5) is 10.5 Å². The summed E-state index contributed by atoms with van der Waals surface area (Å²) >= 11 is 6.09. The van der Waals surface area contributed by atoms with Gasteiger partial charge in [-0.1, -0.05) is 17.7 Å². The highest BCUT2D eigenvalue weighted by molar-refractivity contribution is 6.30. The highest BCUT2D eigenvalue weighted by Crippen LogP contribution is 2.24. The highest BCUT2D eigenvalue weighted by atomic mass is 35.5. The molecular formula is C21H30ClN3O3. The first-order valence-electron chi connectivity index (χ1n) is 10.0. The summed E-state index contributed by atoms with van der Waals surface area (Å²) < 4.78 is 5.43. The maximum absolute atomic E-state index is 12.9. The number of halogens is 1. The Morgan fingerprint density at radius 3 is 2.21 bits per heavy atom. The van der Waals surface area contributed by atoms with Gasteiger partial charge in [0, 0.05) is 55.9 Å². The molecule has 0 N–H and O–H groups in total. The predicted octanol–water partition coefficient (Wildman–Crippen LogP) is 3.64. The van der Waals surface area contributed by atoms with Gasteiger partial charge in [0.15, 0.2) is 0 Å². The van der Waals surface area contributed by atoms with Crippen LogP contribution in [0, 0.1) is 5.92 Å². The zero-order valence-corrected chi connectivity index (χ0v) is 17.7. The van der Waals surface area contributed by atoms with Crippen LogP contribution in [0.2, 0.25) is 5.02 Å². The van der Waals surface area contributed by atoms with E-state index in [0.717, 1.165) is 36.9 Å². The molecule has 1 aromatic rings. The van der Waals surface area contributed by atoms with Gasteiger partial charge in [0.1, 0.15) is 5.60 Å². The quantitative estimate of drug-likeness (QED) is 0.751. The number of carbonyl (C=O) groups is 2. The molecular weight excluding hydrogens is 378 g/mol. The van der Waals surface area contributed by atoms with E-state index in [2.05, 4.69) is 11.0 Å². The topological polar surface area (TPSA) is 53.1 Å². The number of piperidine rings is 1. The van der Waals surface area contributed by atoms with Crippen molar-refractivity contribution in [2.75, 3.05) is 44.2 Å². The minimum Gasteiger partial charge on any atom is -0.444 e. The Kier molecular flexibility index (Phi) is 6.38. The summed E-state index contributed by atoms with van der Waals surface area (Å²) in [5.41, 5.74) is 0.608. The number of hydrogen-bond donors (Lipinski definition) is 0. The number of likely N-dealkylation sites (tertiary alicyclic amines) is 1. The number of benzene rings is 1. The van der Waals surface area contributed by atoms with E-state index in [0.29, 0.717) is 25.9 Å². The zero-order valence-electron chi connectivity index (χ0n) is 17.0. The van der Waals surface area contributed by atoms with Crippen LogP contribution >= 0.6 is 11.6 Å². The van der Waals surface area contributed by atoms with Crippen LogP contribution in [0.1, 0.15) is 33.6 Å². The third-order valence-electron chi connectivity index (χ3n) is 5.26. The zero-order chi connectivity index (χ0) is 20.3. The van der Waals surface area contributed by atoms with Gasteiger partial charge in [-0.2, -0.15) is 0 Å². The van der Waals surface area contributed by atoms with E-state index >= 15 is 0 Å². The Balaban J connectivity index is 1.47. The van der Waals surface area contributed by atoms with Crippen molar-refractivity contribution in [3.63, 3.8) is 0 Å². The molecule has 0 aromatic heterocycles. The molecule has 2 saturated heterocycles. The fourth-order valence-corrected chi connectivity index (χ4v) is 3.94. The molecule has 0 spiro atoms.